The molecular weight excluding hydrogens is 168 g/mol. The monoisotopic (exact) mass is 174 g/mol. The normalized spacial score (nSPS) is 9.85. The van der Waals surface area contributed by atoms with Gasteiger partial charge in [0, 0.05) is 5.56 Å². The number of nitrogens with one attached hydrogen (secondary N) is 1. The highest BCUT2D eigenvalue weighted by atomic mass is 16.1. The molecule has 2 aromatic rings. The average molecular weight is 174 g/mol. The minimum atomic E-state index is 0.451. The summed E-state index contributed by atoms with van der Waals surface area (Å²) in [5.74, 6) is 0. The van der Waals surface area contributed by atoms with Crippen molar-refractivity contribution in [3.05, 3.63) is 30.2 Å². The van der Waals surface area contributed by atoms with E-state index in [1.54, 1.807) is 24.5 Å². The van der Waals surface area contributed by atoms with Crippen LogP contribution in [0.25, 0.3) is 11.3 Å². The molecule has 13 heavy (non-hydrogen) atoms. The molecule has 0 aliphatic heterocycles. The van der Waals surface area contributed by atoms with Crippen molar-refractivity contribution in [1.29, 1.82) is 0 Å². The molecule has 0 saturated heterocycles. The topological polar surface area (TPSA) is 71.5 Å². The Morgan fingerprint density at radius 3 is 2.92 bits per heavy atom. The smallest absolute Gasteiger partial charge is 0.167 e. The van der Waals surface area contributed by atoms with Crippen molar-refractivity contribution in [3.8, 4) is 11.3 Å². The lowest BCUT2D eigenvalue weighted by Crippen LogP contribution is -1.81. The van der Waals surface area contributed by atoms with Crippen molar-refractivity contribution in [2.45, 2.75) is 0 Å². The number of carbonyl (C=O) groups excluding carboxylic acids is 1. The first-order chi connectivity index (χ1) is 6.40. The summed E-state index contributed by atoms with van der Waals surface area (Å²) in [4.78, 5) is 10.4. The molecule has 0 saturated carbocycles. The number of carbonyl (C=O) groups is 1. The third-order valence-corrected chi connectivity index (χ3v) is 1.60. The molecule has 0 amide bonds. The fourth-order valence-electron chi connectivity index (χ4n) is 0.987. The fourth-order valence-corrected chi connectivity index (χ4v) is 0.987. The third-order valence-electron chi connectivity index (χ3n) is 1.60. The van der Waals surface area contributed by atoms with Gasteiger partial charge in [-0.2, -0.15) is 15.3 Å². The van der Waals surface area contributed by atoms with Gasteiger partial charge < -0.3 is 0 Å². The first kappa shape index (κ1) is 7.60. The zero-order valence-electron chi connectivity index (χ0n) is 6.64. The highest BCUT2D eigenvalue weighted by molar-refractivity contribution is 5.74. The molecule has 0 spiro atoms. The Morgan fingerprint density at radius 1 is 1.38 bits per heavy atom. The zero-order valence-corrected chi connectivity index (χ0v) is 6.64. The van der Waals surface area contributed by atoms with Crippen molar-refractivity contribution >= 4 is 6.29 Å². The van der Waals surface area contributed by atoms with Crippen LogP contribution >= 0.6 is 0 Å². The lowest BCUT2D eigenvalue weighted by atomic mass is 10.2. The van der Waals surface area contributed by atoms with Crippen LogP contribution in [0.1, 0.15) is 10.5 Å². The van der Waals surface area contributed by atoms with Crippen LogP contribution in [-0.2, 0) is 0 Å². The van der Waals surface area contributed by atoms with Gasteiger partial charge in [-0.25, -0.2) is 0 Å². The summed E-state index contributed by atoms with van der Waals surface area (Å²) in [5, 5.41) is 13.9. The largest absolute Gasteiger partial charge is 0.296 e. The van der Waals surface area contributed by atoms with Gasteiger partial charge in [0.2, 0.25) is 0 Å². The van der Waals surface area contributed by atoms with Crippen LogP contribution in [0.5, 0.6) is 0 Å². The SMILES string of the molecule is O=Cc1cc(-c2ccnnc2)n[nH]1. The predicted octanol–water partition coefficient (Wildman–Crippen LogP) is 0.679. The van der Waals surface area contributed by atoms with Crippen molar-refractivity contribution in [2.24, 2.45) is 0 Å². The molecule has 2 heterocycles. The number of H-pyrrole nitrogens is 1. The van der Waals surface area contributed by atoms with Gasteiger partial charge in [0.25, 0.3) is 0 Å². The average Bonchev–Trinajstić information content (AvgIpc) is 2.67. The maximum absolute atomic E-state index is 10.4. The van der Waals surface area contributed by atoms with E-state index in [-0.39, 0.29) is 0 Å². The summed E-state index contributed by atoms with van der Waals surface area (Å²) in [6, 6.07) is 3.43. The van der Waals surface area contributed by atoms with Gasteiger partial charge in [0.05, 0.1) is 23.8 Å². The number of hydrogen-bond donors (Lipinski definition) is 1. The molecule has 5 nitrogen and oxygen atoms in total. The maximum atomic E-state index is 10.4. The summed E-state index contributed by atoms with van der Waals surface area (Å²) in [7, 11) is 0. The summed E-state index contributed by atoms with van der Waals surface area (Å²) in [6.45, 7) is 0. The van der Waals surface area contributed by atoms with Gasteiger partial charge in [-0.1, -0.05) is 0 Å². The standard InChI is InChI=1S/C8H6N4O/c13-5-7-3-8(12-11-7)6-1-2-9-10-4-6/h1-5H,(H,11,12). The first-order valence-electron chi connectivity index (χ1n) is 3.68. The summed E-state index contributed by atoms with van der Waals surface area (Å²) in [5.41, 5.74) is 1.98. The molecule has 5 heteroatoms. The molecule has 0 atom stereocenters. The number of hydrogen-bond acceptors (Lipinski definition) is 4. The van der Waals surface area contributed by atoms with E-state index in [2.05, 4.69) is 20.4 Å². The molecule has 0 bridgehead atoms. The second-order valence-corrected chi connectivity index (χ2v) is 2.46. The maximum Gasteiger partial charge on any atom is 0.167 e. The van der Waals surface area contributed by atoms with Gasteiger partial charge >= 0.3 is 0 Å². The van der Waals surface area contributed by atoms with E-state index in [0.29, 0.717) is 17.7 Å². The molecular formula is C8H6N4O. The van der Waals surface area contributed by atoms with Gasteiger partial charge in [-0.15, -0.1) is 0 Å². The minimum absolute atomic E-state index is 0.451. The zero-order chi connectivity index (χ0) is 9.10. The molecule has 0 fully saturated rings. The van der Waals surface area contributed by atoms with Crippen molar-refractivity contribution in [3.63, 3.8) is 0 Å². The Morgan fingerprint density at radius 2 is 2.31 bits per heavy atom. The molecule has 0 aliphatic rings. The predicted molar refractivity (Wildman–Crippen MR) is 45.0 cm³/mol. The highest BCUT2D eigenvalue weighted by Crippen LogP contribution is 2.14. The van der Waals surface area contributed by atoms with E-state index in [9.17, 15) is 4.79 Å². The van der Waals surface area contributed by atoms with Crippen molar-refractivity contribution in [1.82, 2.24) is 20.4 Å². The molecule has 2 aromatic heterocycles. The van der Waals surface area contributed by atoms with Gasteiger partial charge in [0.15, 0.2) is 6.29 Å². The van der Waals surface area contributed by atoms with E-state index in [1.165, 1.54) is 0 Å². The number of nitrogens with zero attached hydrogens (tertiary/aromatic N) is 3. The molecule has 64 valence electrons. The van der Waals surface area contributed by atoms with Crippen LogP contribution in [0.15, 0.2) is 24.5 Å². The summed E-state index contributed by atoms with van der Waals surface area (Å²) >= 11 is 0. The van der Waals surface area contributed by atoms with Crippen molar-refractivity contribution < 1.29 is 4.79 Å². The Balaban J connectivity index is 2.41. The van der Waals surface area contributed by atoms with E-state index < -0.39 is 0 Å². The van der Waals surface area contributed by atoms with Crippen molar-refractivity contribution in [2.75, 3.05) is 0 Å². The van der Waals surface area contributed by atoms with E-state index in [1.807, 2.05) is 0 Å². The van der Waals surface area contributed by atoms with Crippen LogP contribution in [0.2, 0.25) is 0 Å². The lowest BCUT2D eigenvalue weighted by Gasteiger charge is -1.90. The number of rotatable bonds is 2. The molecule has 0 aromatic carbocycles. The second kappa shape index (κ2) is 3.14. The second-order valence-electron chi connectivity index (χ2n) is 2.46. The van der Waals surface area contributed by atoms with E-state index in [0.717, 1.165) is 5.56 Å². The fraction of sp³-hybridized carbons (Fsp3) is 0. The van der Waals surface area contributed by atoms with Gasteiger partial charge in [0.1, 0.15) is 0 Å². The number of aromatic nitrogens is 4. The van der Waals surface area contributed by atoms with Gasteiger partial charge in [-0.3, -0.25) is 9.89 Å². The van der Waals surface area contributed by atoms with E-state index in [4.69, 9.17) is 0 Å². The quantitative estimate of drug-likeness (QED) is 0.679. The first-order valence-corrected chi connectivity index (χ1v) is 3.68. The van der Waals surface area contributed by atoms with Crippen LogP contribution in [0.4, 0.5) is 0 Å². The Bertz CT molecular complexity index is 409. The Kier molecular flexibility index (Phi) is 1.84. The molecule has 0 aliphatic carbocycles. The van der Waals surface area contributed by atoms with Crippen LogP contribution in [0, 0.1) is 0 Å². The van der Waals surface area contributed by atoms with Crippen LogP contribution in [-0.4, -0.2) is 26.7 Å². The minimum Gasteiger partial charge on any atom is -0.296 e. The summed E-state index contributed by atoms with van der Waals surface area (Å²) < 4.78 is 0. The molecule has 0 radical (unpaired) electrons. The lowest BCUT2D eigenvalue weighted by molar-refractivity contribution is 0.111. The Hall–Kier alpha value is -2.04. The van der Waals surface area contributed by atoms with E-state index >= 15 is 0 Å². The Labute approximate surface area is 73.8 Å². The van der Waals surface area contributed by atoms with Crippen LogP contribution < -0.4 is 0 Å². The highest BCUT2D eigenvalue weighted by Gasteiger charge is 2.02. The van der Waals surface area contributed by atoms with Gasteiger partial charge in [-0.05, 0) is 12.1 Å². The molecule has 0 unspecified atom stereocenters. The summed E-state index contributed by atoms with van der Waals surface area (Å²) in [6.07, 6.45) is 3.88. The number of aromatic amines is 1. The molecule has 1 N–H and O–H groups in total. The molecule has 2 rings (SSSR count). The number of aldehydes is 1. The third kappa shape index (κ3) is 1.44. The van der Waals surface area contributed by atoms with Crippen LogP contribution in [0.3, 0.4) is 0 Å².